The third-order valence-corrected chi connectivity index (χ3v) is 3.83. The fourth-order valence-corrected chi connectivity index (χ4v) is 2.70. The maximum Gasteiger partial charge on any atom is 0.195 e. The Bertz CT molecular complexity index is 598. The lowest BCUT2D eigenvalue weighted by atomic mass is 10.2. The molecular formula is C14H15F3N2S. The van der Waals surface area contributed by atoms with Gasteiger partial charge in [-0.2, -0.15) is 0 Å². The highest BCUT2D eigenvalue weighted by atomic mass is 32.1. The zero-order chi connectivity index (χ0) is 14.7. The van der Waals surface area contributed by atoms with Crippen molar-refractivity contribution in [3.05, 3.63) is 40.7 Å². The molecule has 108 valence electrons. The summed E-state index contributed by atoms with van der Waals surface area (Å²) in [5.41, 5.74) is 0.755. The highest BCUT2D eigenvalue weighted by Crippen LogP contribution is 2.30. The number of hydrogen-bond acceptors (Lipinski definition) is 3. The zero-order valence-electron chi connectivity index (χ0n) is 11.2. The topological polar surface area (TPSA) is 24.9 Å². The molecule has 0 aliphatic rings. The molecule has 2 rings (SSSR count). The normalized spacial score (nSPS) is 12.7. The van der Waals surface area contributed by atoms with Gasteiger partial charge in [0, 0.05) is 17.0 Å². The van der Waals surface area contributed by atoms with Crippen molar-refractivity contribution in [1.29, 1.82) is 0 Å². The molecule has 0 aliphatic carbocycles. The Hall–Kier alpha value is -1.40. The van der Waals surface area contributed by atoms with Crippen LogP contribution in [0, 0.1) is 17.5 Å². The maximum atomic E-state index is 13.7. The maximum absolute atomic E-state index is 13.7. The van der Waals surface area contributed by atoms with Crippen LogP contribution in [0.3, 0.4) is 0 Å². The monoisotopic (exact) mass is 300 g/mol. The Kier molecular flexibility index (Phi) is 4.77. The molecule has 1 unspecified atom stereocenters. The Morgan fingerprint density at radius 3 is 2.70 bits per heavy atom. The van der Waals surface area contributed by atoms with Gasteiger partial charge in [-0.3, -0.25) is 0 Å². The highest BCUT2D eigenvalue weighted by Gasteiger charge is 2.18. The molecule has 0 saturated carbocycles. The lowest BCUT2D eigenvalue weighted by Gasteiger charge is -2.09. The van der Waals surface area contributed by atoms with Gasteiger partial charge in [0.2, 0.25) is 0 Å². The minimum absolute atomic E-state index is 0.0113. The van der Waals surface area contributed by atoms with Gasteiger partial charge in [-0.15, -0.1) is 11.3 Å². The van der Waals surface area contributed by atoms with Gasteiger partial charge in [0.25, 0.3) is 0 Å². The van der Waals surface area contributed by atoms with E-state index in [1.807, 2.05) is 6.92 Å². The van der Waals surface area contributed by atoms with Crippen molar-refractivity contribution in [2.45, 2.75) is 26.3 Å². The molecule has 6 heteroatoms. The molecule has 0 fully saturated rings. The number of nitrogens with one attached hydrogen (secondary N) is 1. The van der Waals surface area contributed by atoms with E-state index in [1.54, 1.807) is 5.38 Å². The van der Waals surface area contributed by atoms with Gasteiger partial charge < -0.3 is 5.32 Å². The minimum atomic E-state index is -1.46. The molecular weight excluding hydrogens is 285 g/mol. The predicted molar refractivity (Wildman–Crippen MR) is 74.1 cm³/mol. The van der Waals surface area contributed by atoms with Gasteiger partial charge >= 0.3 is 0 Å². The molecule has 2 nitrogen and oxygen atoms in total. The summed E-state index contributed by atoms with van der Waals surface area (Å²) < 4.78 is 39.8. The van der Waals surface area contributed by atoms with Crippen molar-refractivity contribution in [2.24, 2.45) is 0 Å². The largest absolute Gasteiger partial charge is 0.309 e. The molecule has 0 bridgehead atoms. The molecule has 0 saturated heterocycles. The average Bonchev–Trinajstić information content (AvgIpc) is 2.92. The standard InChI is InChI=1S/C14H15F3N2S/c1-3-6-18-8(2)11-7-20-14(19-11)9-4-5-10(15)13(17)12(9)16/h4-5,7-8,18H,3,6H2,1-2H3. The lowest BCUT2D eigenvalue weighted by molar-refractivity contribution is 0.449. The second-order valence-electron chi connectivity index (χ2n) is 4.48. The first-order valence-corrected chi connectivity index (χ1v) is 7.25. The second kappa shape index (κ2) is 6.37. The summed E-state index contributed by atoms with van der Waals surface area (Å²) in [5, 5.41) is 5.41. The van der Waals surface area contributed by atoms with Crippen molar-refractivity contribution in [3.63, 3.8) is 0 Å². The molecule has 1 aromatic carbocycles. The van der Waals surface area contributed by atoms with Gasteiger partial charge in [0.05, 0.1) is 5.69 Å². The number of benzene rings is 1. The van der Waals surface area contributed by atoms with E-state index in [2.05, 4.69) is 17.2 Å². The SMILES string of the molecule is CCCNC(C)c1csc(-c2ccc(F)c(F)c2F)n1. The number of thiazole rings is 1. The second-order valence-corrected chi connectivity index (χ2v) is 5.33. The lowest BCUT2D eigenvalue weighted by Crippen LogP contribution is -2.19. The zero-order valence-corrected chi connectivity index (χ0v) is 12.0. The van der Waals surface area contributed by atoms with E-state index in [9.17, 15) is 13.2 Å². The molecule has 0 radical (unpaired) electrons. The molecule has 1 aromatic heterocycles. The van der Waals surface area contributed by atoms with Crippen LogP contribution in [-0.2, 0) is 0 Å². The van der Waals surface area contributed by atoms with Crippen LogP contribution in [0.25, 0.3) is 10.6 Å². The van der Waals surface area contributed by atoms with Crippen LogP contribution in [0.4, 0.5) is 13.2 Å². The molecule has 0 amide bonds. The molecule has 1 heterocycles. The van der Waals surface area contributed by atoms with Gasteiger partial charge in [0.1, 0.15) is 5.01 Å². The number of nitrogens with zero attached hydrogens (tertiary/aromatic N) is 1. The summed E-state index contributed by atoms with van der Waals surface area (Å²) in [5.74, 6) is -3.85. The van der Waals surface area contributed by atoms with Crippen molar-refractivity contribution >= 4 is 11.3 Å². The Morgan fingerprint density at radius 1 is 1.25 bits per heavy atom. The van der Waals surface area contributed by atoms with E-state index in [1.165, 1.54) is 17.4 Å². The van der Waals surface area contributed by atoms with E-state index in [4.69, 9.17) is 0 Å². The van der Waals surface area contributed by atoms with E-state index in [0.717, 1.165) is 24.7 Å². The molecule has 0 spiro atoms. The summed E-state index contributed by atoms with van der Waals surface area (Å²) in [6.07, 6.45) is 0.999. The third kappa shape index (κ3) is 3.02. The van der Waals surface area contributed by atoms with E-state index >= 15 is 0 Å². The van der Waals surface area contributed by atoms with Crippen LogP contribution in [-0.4, -0.2) is 11.5 Å². The predicted octanol–water partition coefficient (Wildman–Crippen LogP) is 4.29. The number of rotatable bonds is 5. The fraction of sp³-hybridized carbons (Fsp3) is 0.357. The first-order valence-electron chi connectivity index (χ1n) is 6.37. The van der Waals surface area contributed by atoms with Crippen LogP contribution >= 0.6 is 11.3 Å². The average molecular weight is 300 g/mol. The summed E-state index contributed by atoms with van der Waals surface area (Å²) in [6, 6.07) is 2.15. The Labute approximate surface area is 119 Å². The fourth-order valence-electron chi connectivity index (χ4n) is 1.77. The van der Waals surface area contributed by atoms with Gasteiger partial charge in [-0.25, -0.2) is 18.2 Å². The van der Waals surface area contributed by atoms with Crippen LogP contribution in [0.15, 0.2) is 17.5 Å². The summed E-state index contributed by atoms with van der Waals surface area (Å²) in [4.78, 5) is 4.29. The highest BCUT2D eigenvalue weighted by molar-refractivity contribution is 7.13. The molecule has 2 aromatic rings. The number of aromatic nitrogens is 1. The molecule has 20 heavy (non-hydrogen) atoms. The Morgan fingerprint density at radius 2 is 2.00 bits per heavy atom. The first kappa shape index (κ1) is 15.0. The van der Waals surface area contributed by atoms with E-state index in [0.29, 0.717) is 5.01 Å². The van der Waals surface area contributed by atoms with Gasteiger partial charge in [-0.05, 0) is 32.0 Å². The van der Waals surface area contributed by atoms with Crippen molar-refractivity contribution in [3.8, 4) is 10.6 Å². The van der Waals surface area contributed by atoms with Gasteiger partial charge in [0.15, 0.2) is 17.5 Å². The third-order valence-electron chi connectivity index (χ3n) is 2.93. The molecule has 1 N–H and O–H groups in total. The number of hydrogen-bond donors (Lipinski definition) is 1. The summed E-state index contributed by atoms with van der Waals surface area (Å²) >= 11 is 1.21. The quantitative estimate of drug-likeness (QED) is 0.833. The van der Waals surface area contributed by atoms with Crippen LogP contribution < -0.4 is 5.32 Å². The first-order chi connectivity index (χ1) is 9.54. The molecule has 0 aliphatic heterocycles. The van der Waals surface area contributed by atoms with E-state index < -0.39 is 17.5 Å². The van der Waals surface area contributed by atoms with Crippen LogP contribution in [0.2, 0.25) is 0 Å². The van der Waals surface area contributed by atoms with Gasteiger partial charge in [-0.1, -0.05) is 6.92 Å². The smallest absolute Gasteiger partial charge is 0.195 e. The van der Waals surface area contributed by atoms with Crippen molar-refractivity contribution in [1.82, 2.24) is 10.3 Å². The number of halogens is 3. The minimum Gasteiger partial charge on any atom is -0.309 e. The van der Waals surface area contributed by atoms with Crippen LogP contribution in [0.1, 0.15) is 32.0 Å². The van der Waals surface area contributed by atoms with E-state index in [-0.39, 0.29) is 11.6 Å². The summed E-state index contributed by atoms with van der Waals surface area (Å²) in [7, 11) is 0. The molecule has 1 atom stereocenters. The Balaban J connectivity index is 2.27. The van der Waals surface area contributed by atoms with Crippen molar-refractivity contribution in [2.75, 3.05) is 6.54 Å². The summed E-state index contributed by atoms with van der Waals surface area (Å²) in [6.45, 7) is 4.87. The van der Waals surface area contributed by atoms with Crippen molar-refractivity contribution < 1.29 is 13.2 Å². The van der Waals surface area contributed by atoms with Crippen LogP contribution in [0.5, 0.6) is 0 Å².